The normalized spacial score (nSPS) is 16.0. The van der Waals surface area contributed by atoms with Gasteiger partial charge in [0, 0.05) is 28.9 Å². The van der Waals surface area contributed by atoms with Crippen LogP contribution in [0.1, 0.15) is 11.1 Å². The van der Waals surface area contributed by atoms with Gasteiger partial charge in [0.25, 0.3) is 5.56 Å². The fraction of sp³-hybridized carbons (Fsp3) is 0.250. The summed E-state index contributed by atoms with van der Waals surface area (Å²) in [6.45, 7) is 2.14. The number of thioether (sulfide) groups is 1. The molecule has 0 fully saturated rings. The monoisotopic (exact) mass is 397 g/mol. The summed E-state index contributed by atoms with van der Waals surface area (Å²) < 4.78 is 20.7. The molecule has 0 saturated heterocycles. The lowest BCUT2D eigenvalue weighted by atomic mass is 9.94. The number of hydrogen-bond donors (Lipinski definition) is 1. The molecule has 4 rings (SSSR count). The van der Waals surface area contributed by atoms with Crippen molar-refractivity contribution in [3.05, 3.63) is 62.0 Å². The third-order valence-corrected chi connectivity index (χ3v) is 6.16. The molecule has 1 aromatic heterocycles. The van der Waals surface area contributed by atoms with Crippen molar-refractivity contribution in [2.45, 2.75) is 24.5 Å². The molecule has 0 spiro atoms. The Hall–Kier alpha value is -2.89. The van der Waals surface area contributed by atoms with Gasteiger partial charge in [0.1, 0.15) is 5.82 Å². The first kappa shape index (κ1) is 18.5. The van der Waals surface area contributed by atoms with E-state index in [-0.39, 0.29) is 11.7 Å². The fourth-order valence-electron chi connectivity index (χ4n) is 3.60. The van der Waals surface area contributed by atoms with Crippen molar-refractivity contribution in [2.24, 2.45) is 0 Å². The maximum atomic E-state index is 13.7. The summed E-state index contributed by atoms with van der Waals surface area (Å²) in [5.74, 6) is 0.0746. The Kier molecular flexibility index (Phi) is 4.57. The summed E-state index contributed by atoms with van der Waals surface area (Å²) in [7, 11) is 1.58. The molecule has 8 heteroatoms. The molecule has 1 aliphatic heterocycles. The number of halogens is 1. The number of aryl methyl sites for hydroxylation is 1. The van der Waals surface area contributed by atoms with Crippen LogP contribution in [-0.2, 0) is 11.3 Å². The molecular formula is C20H16FN3O3S. The molecule has 0 bridgehead atoms. The Morgan fingerprint density at radius 1 is 1.36 bits per heavy atom. The van der Waals surface area contributed by atoms with Gasteiger partial charge in [-0.15, -0.1) is 11.8 Å². The average Bonchev–Trinajstić information content (AvgIpc) is 2.87. The van der Waals surface area contributed by atoms with Gasteiger partial charge in [-0.05, 0) is 30.7 Å². The predicted molar refractivity (Wildman–Crippen MR) is 105 cm³/mol. The highest BCUT2D eigenvalue weighted by molar-refractivity contribution is 7.99. The highest BCUT2D eigenvalue weighted by Crippen LogP contribution is 2.42. The first-order valence-corrected chi connectivity index (χ1v) is 9.59. The Bertz CT molecular complexity index is 1270. The number of ether oxygens (including phenoxy) is 1. The van der Waals surface area contributed by atoms with Crippen LogP contribution in [0.3, 0.4) is 0 Å². The zero-order valence-corrected chi connectivity index (χ0v) is 16.0. The van der Waals surface area contributed by atoms with E-state index < -0.39 is 17.1 Å². The number of hydrogen-bond acceptors (Lipinski definition) is 5. The minimum atomic E-state index is -0.502. The molecule has 1 aliphatic rings. The molecule has 1 N–H and O–H groups in total. The van der Waals surface area contributed by atoms with Crippen LogP contribution in [0.25, 0.3) is 22.0 Å². The van der Waals surface area contributed by atoms with E-state index in [1.165, 1.54) is 28.5 Å². The van der Waals surface area contributed by atoms with Crippen molar-refractivity contribution in [2.75, 3.05) is 12.9 Å². The molecule has 0 saturated carbocycles. The molecule has 28 heavy (non-hydrogen) atoms. The first-order chi connectivity index (χ1) is 13.4. The lowest BCUT2D eigenvalue weighted by molar-refractivity contribution is 0.107. The second-order valence-corrected chi connectivity index (χ2v) is 7.66. The zero-order chi connectivity index (χ0) is 20.0. The number of nitrogens with one attached hydrogen (secondary N) is 1. The van der Waals surface area contributed by atoms with E-state index in [9.17, 15) is 19.2 Å². The van der Waals surface area contributed by atoms with Crippen LogP contribution in [-0.4, -0.2) is 28.5 Å². The highest BCUT2D eigenvalue weighted by atomic mass is 32.2. The maximum Gasteiger partial charge on any atom is 0.328 e. The SMILES string of the molecule is CO[C@@H]1CSc2c(-c3ccc(F)cc3C#N)c(C)cc3c(=O)[nH]c(=O)n(c23)C1. The van der Waals surface area contributed by atoms with Crippen molar-refractivity contribution in [3.8, 4) is 17.2 Å². The lowest BCUT2D eigenvalue weighted by Gasteiger charge is -2.17. The van der Waals surface area contributed by atoms with Gasteiger partial charge < -0.3 is 4.74 Å². The smallest absolute Gasteiger partial charge is 0.328 e. The van der Waals surface area contributed by atoms with E-state index in [1.54, 1.807) is 19.2 Å². The molecule has 2 heterocycles. The quantitative estimate of drug-likeness (QED) is 0.718. The second-order valence-electron chi connectivity index (χ2n) is 6.63. The molecule has 0 aliphatic carbocycles. The minimum Gasteiger partial charge on any atom is -0.379 e. The second kappa shape index (κ2) is 6.93. The maximum absolute atomic E-state index is 13.7. The topological polar surface area (TPSA) is 87.9 Å². The molecule has 3 aromatic rings. The number of nitriles is 1. The molecule has 0 amide bonds. The fourth-order valence-corrected chi connectivity index (χ4v) is 4.97. The van der Waals surface area contributed by atoms with E-state index in [0.29, 0.717) is 28.8 Å². The number of nitrogens with zero attached hydrogens (tertiary/aromatic N) is 2. The summed E-state index contributed by atoms with van der Waals surface area (Å²) in [5, 5.41) is 9.91. The number of H-pyrrole nitrogens is 1. The van der Waals surface area contributed by atoms with Crippen LogP contribution in [0.15, 0.2) is 38.8 Å². The Balaban J connectivity index is 2.16. The van der Waals surface area contributed by atoms with Gasteiger partial charge in [0.2, 0.25) is 0 Å². The molecule has 0 unspecified atom stereocenters. The molecule has 142 valence electrons. The molecule has 0 radical (unpaired) electrons. The third kappa shape index (κ3) is 2.84. The zero-order valence-electron chi connectivity index (χ0n) is 15.2. The van der Waals surface area contributed by atoms with E-state index in [4.69, 9.17) is 4.74 Å². The summed E-state index contributed by atoms with van der Waals surface area (Å²) in [4.78, 5) is 28.1. The number of methoxy groups -OCH3 is 1. The molecule has 6 nitrogen and oxygen atoms in total. The minimum absolute atomic E-state index is 0.200. The van der Waals surface area contributed by atoms with Crippen LogP contribution < -0.4 is 11.2 Å². The van der Waals surface area contributed by atoms with Crippen molar-refractivity contribution < 1.29 is 9.13 Å². The van der Waals surface area contributed by atoms with Gasteiger partial charge in [-0.1, -0.05) is 6.07 Å². The van der Waals surface area contributed by atoms with E-state index >= 15 is 0 Å². The Morgan fingerprint density at radius 3 is 2.86 bits per heavy atom. The van der Waals surface area contributed by atoms with E-state index in [2.05, 4.69) is 4.98 Å². The van der Waals surface area contributed by atoms with Gasteiger partial charge in [-0.3, -0.25) is 14.3 Å². The molecule has 2 aromatic carbocycles. The van der Waals surface area contributed by atoms with Crippen molar-refractivity contribution in [1.82, 2.24) is 9.55 Å². The van der Waals surface area contributed by atoms with Crippen molar-refractivity contribution in [3.63, 3.8) is 0 Å². The van der Waals surface area contributed by atoms with Crippen LogP contribution in [0.2, 0.25) is 0 Å². The number of aromatic nitrogens is 2. The van der Waals surface area contributed by atoms with Crippen LogP contribution in [0.4, 0.5) is 4.39 Å². The molecule has 1 atom stereocenters. The highest BCUT2D eigenvalue weighted by Gasteiger charge is 2.26. The summed E-state index contributed by atoms with van der Waals surface area (Å²) >= 11 is 1.47. The van der Waals surface area contributed by atoms with Crippen LogP contribution in [0.5, 0.6) is 0 Å². The third-order valence-electron chi connectivity index (χ3n) is 4.94. The number of aromatic amines is 1. The largest absolute Gasteiger partial charge is 0.379 e. The van der Waals surface area contributed by atoms with Gasteiger partial charge in [0.05, 0.1) is 35.2 Å². The summed E-state index contributed by atoms with van der Waals surface area (Å²) in [5.41, 5.74) is 1.83. The average molecular weight is 397 g/mol. The van der Waals surface area contributed by atoms with E-state index in [0.717, 1.165) is 16.0 Å². The van der Waals surface area contributed by atoms with Crippen molar-refractivity contribution >= 4 is 22.7 Å². The first-order valence-electron chi connectivity index (χ1n) is 8.60. The van der Waals surface area contributed by atoms with Gasteiger partial charge in [-0.25, -0.2) is 9.18 Å². The van der Waals surface area contributed by atoms with Crippen molar-refractivity contribution in [1.29, 1.82) is 5.26 Å². The summed E-state index contributed by atoms with van der Waals surface area (Å²) in [6.07, 6.45) is -0.221. The van der Waals surface area contributed by atoms with Gasteiger partial charge in [0.15, 0.2) is 0 Å². The number of benzene rings is 2. The standard InChI is InChI=1S/C20H16FN3O3S/c1-10-5-15-17-18(16(10)14-4-3-12(21)6-11(14)7-22)28-9-13(27-2)8-24(17)20(26)23-19(15)25/h3-6,13H,8-9H2,1-2H3,(H,23,25,26)/t13-/m0/s1. The number of rotatable bonds is 2. The lowest BCUT2D eigenvalue weighted by Crippen LogP contribution is -2.34. The molecular weight excluding hydrogens is 381 g/mol. The van der Waals surface area contributed by atoms with Gasteiger partial charge >= 0.3 is 5.69 Å². The van der Waals surface area contributed by atoms with Crippen LogP contribution in [0, 0.1) is 24.1 Å². The van der Waals surface area contributed by atoms with Crippen LogP contribution >= 0.6 is 11.8 Å². The Labute approximate surface area is 163 Å². The van der Waals surface area contributed by atoms with E-state index in [1.807, 2.05) is 13.0 Å². The summed E-state index contributed by atoms with van der Waals surface area (Å²) in [6, 6.07) is 7.81. The predicted octanol–water partition coefficient (Wildman–Crippen LogP) is 2.80. The Morgan fingerprint density at radius 2 is 2.14 bits per heavy atom. The van der Waals surface area contributed by atoms with Gasteiger partial charge in [-0.2, -0.15) is 5.26 Å².